The summed E-state index contributed by atoms with van der Waals surface area (Å²) in [6.07, 6.45) is 0.941. The molecular formula is C15H20N2O3. The fraction of sp³-hybridized carbons (Fsp3) is 0.467. The molecule has 1 aromatic carbocycles. The highest BCUT2D eigenvalue weighted by molar-refractivity contribution is 5.96. The smallest absolute Gasteiger partial charge is 0.335 e. The van der Waals surface area contributed by atoms with Crippen LogP contribution >= 0.6 is 0 Å². The van der Waals surface area contributed by atoms with Crippen molar-refractivity contribution in [2.45, 2.75) is 19.4 Å². The number of hydrogen-bond acceptors (Lipinski definition) is 3. The van der Waals surface area contributed by atoms with E-state index < -0.39 is 5.97 Å². The van der Waals surface area contributed by atoms with Crippen molar-refractivity contribution in [3.63, 3.8) is 0 Å². The summed E-state index contributed by atoms with van der Waals surface area (Å²) in [7, 11) is 2.08. The van der Waals surface area contributed by atoms with Crippen LogP contribution in [0.4, 0.5) is 0 Å². The molecule has 108 valence electrons. The zero-order valence-corrected chi connectivity index (χ0v) is 11.8. The molecule has 5 nitrogen and oxygen atoms in total. The highest BCUT2D eigenvalue weighted by Gasteiger charge is 2.25. The SMILES string of the molecule is CC1CN(C)CCC1NC(=O)c1ccc(C(=O)O)cc1. The highest BCUT2D eigenvalue weighted by atomic mass is 16.4. The maximum absolute atomic E-state index is 12.1. The summed E-state index contributed by atoms with van der Waals surface area (Å²) in [6, 6.07) is 6.19. The largest absolute Gasteiger partial charge is 0.478 e. The predicted octanol–water partition coefficient (Wildman–Crippen LogP) is 1.45. The quantitative estimate of drug-likeness (QED) is 0.877. The molecule has 5 heteroatoms. The van der Waals surface area contributed by atoms with Crippen molar-refractivity contribution in [1.29, 1.82) is 0 Å². The van der Waals surface area contributed by atoms with Gasteiger partial charge in [0.05, 0.1) is 5.56 Å². The van der Waals surface area contributed by atoms with E-state index in [4.69, 9.17) is 5.11 Å². The fourth-order valence-electron chi connectivity index (χ4n) is 2.58. The van der Waals surface area contributed by atoms with Crippen LogP contribution in [-0.4, -0.2) is 48.1 Å². The van der Waals surface area contributed by atoms with E-state index in [0.717, 1.165) is 19.5 Å². The van der Waals surface area contributed by atoms with Gasteiger partial charge in [0.15, 0.2) is 0 Å². The molecule has 0 spiro atoms. The summed E-state index contributed by atoms with van der Waals surface area (Å²) in [5.41, 5.74) is 0.690. The molecule has 2 rings (SSSR count). The van der Waals surface area contributed by atoms with Crippen LogP contribution in [0.2, 0.25) is 0 Å². The minimum atomic E-state index is -0.985. The van der Waals surface area contributed by atoms with Crippen LogP contribution in [0.25, 0.3) is 0 Å². The Morgan fingerprint density at radius 3 is 2.40 bits per heavy atom. The maximum Gasteiger partial charge on any atom is 0.335 e. The van der Waals surface area contributed by atoms with Crippen LogP contribution < -0.4 is 5.32 Å². The first-order valence-electron chi connectivity index (χ1n) is 6.80. The van der Waals surface area contributed by atoms with Crippen molar-refractivity contribution in [3.05, 3.63) is 35.4 Å². The van der Waals surface area contributed by atoms with E-state index in [2.05, 4.69) is 24.2 Å². The molecule has 1 aromatic rings. The summed E-state index contributed by atoms with van der Waals surface area (Å²) in [5, 5.41) is 11.9. The first kappa shape index (κ1) is 14.5. The van der Waals surface area contributed by atoms with Gasteiger partial charge in [-0.25, -0.2) is 4.79 Å². The van der Waals surface area contributed by atoms with Gasteiger partial charge in [0.25, 0.3) is 5.91 Å². The zero-order chi connectivity index (χ0) is 14.7. The number of nitrogens with zero attached hydrogens (tertiary/aromatic N) is 1. The van der Waals surface area contributed by atoms with Gasteiger partial charge in [-0.05, 0) is 50.2 Å². The third-order valence-corrected chi connectivity index (χ3v) is 3.82. The van der Waals surface area contributed by atoms with Crippen LogP contribution in [-0.2, 0) is 0 Å². The second kappa shape index (κ2) is 6.05. The third kappa shape index (κ3) is 3.36. The van der Waals surface area contributed by atoms with Crippen LogP contribution in [0, 0.1) is 5.92 Å². The molecule has 0 aliphatic carbocycles. The number of carboxylic acids is 1. The first-order chi connectivity index (χ1) is 9.47. The molecular weight excluding hydrogens is 256 g/mol. The molecule has 1 fully saturated rings. The molecule has 1 amide bonds. The number of aromatic carboxylic acids is 1. The molecule has 2 atom stereocenters. The van der Waals surface area contributed by atoms with Gasteiger partial charge in [-0.15, -0.1) is 0 Å². The van der Waals surface area contributed by atoms with Gasteiger partial charge in [-0.3, -0.25) is 4.79 Å². The van der Waals surface area contributed by atoms with E-state index >= 15 is 0 Å². The normalized spacial score (nSPS) is 23.3. The average Bonchev–Trinajstić information content (AvgIpc) is 2.42. The first-order valence-corrected chi connectivity index (χ1v) is 6.80. The number of amides is 1. The van der Waals surface area contributed by atoms with Gasteiger partial charge in [-0.2, -0.15) is 0 Å². The zero-order valence-electron chi connectivity index (χ0n) is 11.8. The second-order valence-corrected chi connectivity index (χ2v) is 5.49. The van der Waals surface area contributed by atoms with Gasteiger partial charge in [0.2, 0.25) is 0 Å². The number of piperidine rings is 1. The number of carbonyl (C=O) groups is 2. The summed E-state index contributed by atoms with van der Waals surface area (Å²) in [6.45, 7) is 4.09. The third-order valence-electron chi connectivity index (χ3n) is 3.82. The van der Waals surface area contributed by atoms with Gasteiger partial charge in [-0.1, -0.05) is 6.92 Å². The number of hydrogen-bond donors (Lipinski definition) is 2. The van der Waals surface area contributed by atoms with E-state index in [1.165, 1.54) is 12.1 Å². The van der Waals surface area contributed by atoms with Gasteiger partial charge in [0, 0.05) is 18.2 Å². The lowest BCUT2D eigenvalue weighted by Crippen LogP contribution is -2.48. The standard InChI is InChI=1S/C15H20N2O3/c1-10-9-17(2)8-7-13(10)16-14(18)11-3-5-12(6-4-11)15(19)20/h3-6,10,13H,7-9H2,1-2H3,(H,16,18)(H,19,20). The minimum Gasteiger partial charge on any atom is -0.478 e. The molecule has 1 aliphatic rings. The van der Waals surface area contributed by atoms with Gasteiger partial charge in [0.1, 0.15) is 0 Å². The molecule has 20 heavy (non-hydrogen) atoms. The van der Waals surface area contributed by atoms with E-state index in [1.807, 2.05) is 0 Å². The molecule has 0 saturated carbocycles. The number of likely N-dealkylation sites (tertiary alicyclic amines) is 1. The number of nitrogens with one attached hydrogen (secondary N) is 1. The van der Waals surface area contributed by atoms with Crippen LogP contribution in [0.15, 0.2) is 24.3 Å². The van der Waals surface area contributed by atoms with Crippen molar-refractivity contribution in [1.82, 2.24) is 10.2 Å². The molecule has 1 aliphatic heterocycles. The number of carbonyl (C=O) groups excluding carboxylic acids is 1. The Morgan fingerprint density at radius 1 is 1.25 bits per heavy atom. The number of carboxylic acid groups (broad SMARTS) is 1. The Morgan fingerprint density at radius 2 is 1.85 bits per heavy atom. The summed E-state index contributed by atoms with van der Waals surface area (Å²) in [4.78, 5) is 25.2. The fourth-order valence-corrected chi connectivity index (χ4v) is 2.58. The van der Waals surface area contributed by atoms with Crippen molar-refractivity contribution in [2.24, 2.45) is 5.92 Å². The van der Waals surface area contributed by atoms with Crippen LogP contribution in [0.1, 0.15) is 34.1 Å². The summed E-state index contributed by atoms with van der Waals surface area (Å²) in [5.74, 6) is -0.708. The van der Waals surface area contributed by atoms with Crippen molar-refractivity contribution < 1.29 is 14.7 Å². The van der Waals surface area contributed by atoms with E-state index in [9.17, 15) is 9.59 Å². The lowest BCUT2D eigenvalue weighted by Gasteiger charge is -2.35. The monoisotopic (exact) mass is 276 g/mol. The topological polar surface area (TPSA) is 69.6 Å². The van der Waals surface area contributed by atoms with Crippen LogP contribution in [0.3, 0.4) is 0 Å². The Balaban J connectivity index is 1.99. The molecule has 2 N–H and O–H groups in total. The minimum absolute atomic E-state index is 0.136. The summed E-state index contributed by atoms with van der Waals surface area (Å²) >= 11 is 0. The molecule has 1 heterocycles. The highest BCUT2D eigenvalue weighted by Crippen LogP contribution is 2.16. The Kier molecular flexibility index (Phi) is 4.39. The molecule has 0 radical (unpaired) electrons. The Hall–Kier alpha value is -1.88. The van der Waals surface area contributed by atoms with Crippen molar-refractivity contribution in [3.8, 4) is 0 Å². The molecule has 0 bridgehead atoms. The number of benzene rings is 1. The maximum atomic E-state index is 12.1. The van der Waals surface area contributed by atoms with E-state index in [-0.39, 0.29) is 17.5 Å². The lowest BCUT2D eigenvalue weighted by molar-refractivity contribution is 0.0696. The average molecular weight is 276 g/mol. The molecule has 0 aromatic heterocycles. The van der Waals surface area contributed by atoms with E-state index in [0.29, 0.717) is 11.5 Å². The second-order valence-electron chi connectivity index (χ2n) is 5.49. The number of rotatable bonds is 3. The summed E-state index contributed by atoms with van der Waals surface area (Å²) < 4.78 is 0. The Labute approximate surface area is 118 Å². The molecule has 1 saturated heterocycles. The molecule has 2 unspecified atom stereocenters. The van der Waals surface area contributed by atoms with Crippen molar-refractivity contribution in [2.75, 3.05) is 20.1 Å². The predicted molar refractivity (Wildman–Crippen MR) is 75.9 cm³/mol. The Bertz CT molecular complexity index is 498. The van der Waals surface area contributed by atoms with Gasteiger partial charge < -0.3 is 15.3 Å². The lowest BCUT2D eigenvalue weighted by atomic mass is 9.94. The van der Waals surface area contributed by atoms with Crippen LogP contribution in [0.5, 0.6) is 0 Å². The van der Waals surface area contributed by atoms with Gasteiger partial charge >= 0.3 is 5.97 Å². The van der Waals surface area contributed by atoms with E-state index in [1.54, 1.807) is 12.1 Å². The van der Waals surface area contributed by atoms with Crippen molar-refractivity contribution >= 4 is 11.9 Å².